The predicted molar refractivity (Wildman–Crippen MR) is 90.1 cm³/mol. The number of benzene rings is 1. The number of phenolic OH excluding ortho intramolecular Hbond substituents is 1. The molecule has 1 aromatic rings. The fourth-order valence-corrected chi connectivity index (χ4v) is 3.16. The number of cyclic esters (lactones) is 1. The van der Waals surface area contributed by atoms with E-state index in [0.29, 0.717) is 11.1 Å². The Labute approximate surface area is 146 Å². The van der Waals surface area contributed by atoms with Crippen LogP contribution in [0.4, 0.5) is 0 Å². The highest BCUT2D eigenvalue weighted by Gasteiger charge is 2.44. The Morgan fingerprint density at radius 2 is 2.08 bits per heavy atom. The highest BCUT2D eigenvalue weighted by Crippen LogP contribution is 2.52. The third kappa shape index (κ3) is 2.97. The first kappa shape index (κ1) is 17.3. The summed E-state index contributed by atoms with van der Waals surface area (Å²) in [7, 11) is 0. The minimum absolute atomic E-state index is 0.00852. The summed E-state index contributed by atoms with van der Waals surface area (Å²) < 4.78 is 16.3. The van der Waals surface area contributed by atoms with Gasteiger partial charge in [-0.05, 0) is 37.7 Å². The van der Waals surface area contributed by atoms with E-state index in [-0.39, 0.29) is 41.6 Å². The Morgan fingerprint density at radius 3 is 2.64 bits per heavy atom. The quantitative estimate of drug-likeness (QED) is 0.649. The van der Waals surface area contributed by atoms with Crippen molar-refractivity contribution in [2.45, 2.75) is 51.7 Å². The maximum absolute atomic E-state index is 12.7. The summed E-state index contributed by atoms with van der Waals surface area (Å²) in [4.78, 5) is 25.2. The summed E-state index contributed by atoms with van der Waals surface area (Å²) >= 11 is 0. The second-order valence-corrected chi connectivity index (χ2v) is 6.70. The topological polar surface area (TPSA) is 82.1 Å². The number of carbonyl (C=O) groups excluding carboxylic acids is 2. The first-order valence-corrected chi connectivity index (χ1v) is 8.42. The standard InChI is InChI=1S/C19H22O6/c1-5-7-11-15(20)13(17(21)23-6-2)12(10-8-9-10)14-16(11)24-19(3,4)25-18(14)22/h5,10,20H,1,6-9H2,2-4H3. The second kappa shape index (κ2) is 6.10. The van der Waals surface area contributed by atoms with Gasteiger partial charge in [0, 0.05) is 19.4 Å². The van der Waals surface area contributed by atoms with Crippen molar-refractivity contribution in [2.24, 2.45) is 0 Å². The zero-order valence-electron chi connectivity index (χ0n) is 14.7. The number of ether oxygens (including phenoxy) is 3. The van der Waals surface area contributed by atoms with E-state index < -0.39 is 17.7 Å². The third-order valence-electron chi connectivity index (χ3n) is 4.27. The van der Waals surface area contributed by atoms with Crippen LogP contribution < -0.4 is 4.74 Å². The summed E-state index contributed by atoms with van der Waals surface area (Å²) in [6.45, 7) is 8.79. The van der Waals surface area contributed by atoms with Gasteiger partial charge in [-0.25, -0.2) is 9.59 Å². The van der Waals surface area contributed by atoms with Crippen LogP contribution in [0.15, 0.2) is 12.7 Å². The minimum atomic E-state index is -1.15. The third-order valence-corrected chi connectivity index (χ3v) is 4.27. The van der Waals surface area contributed by atoms with E-state index >= 15 is 0 Å². The van der Waals surface area contributed by atoms with Crippen LogP contribution in [-0.2, 0) is 15.9 Å². The number of aromatic hydroxyl groups is 1. The number of carbonyl (C=O) groups is 2. The van der Waals surface area contributed by atoms with Gasteiger partial charge in [0.2, 0.25) is 5.79 Å². The van der Waals surface area contributed by atoms with Gasteiger partial charge >= 0.3 is 11.9 Å². The average Bonchev–Trinajstić information content (AvgIpc) is 3.33. The number of esters is 2. The minimum Gasteiger partial charge on any atom is -0.507 e. The Hall–Kier alpha value is -2.50. The molecule has 6 heteroatoms. The van der Waals surface area contributed by atoms with E-state index in [4.69, 9.17) is 14.2 Å². The molecule has 0 spiro atoms. The lowest BCUT2D eigenvalue weighted by Gasteiger charge is -2.34. The van der Waals surface area contributed by atoms with Gasteiger partial charge in [0.15, 0.2) is 0 Å². The molecule has 0 radical (unpaired) electrons. The fourth-order valence-electron chi connectivity index (χ4n) is 3.16. The number of allylic oxidation sites excluding steroid dienone is 1. The summed E-state index contributed by atoms with van der Waals surface area (Å²) in [5.74, 6) is -2.28. The second-order valence-electron chi connectivity index (χ2n) is 6.70. The van der Waals surface area contributed by atoms with E-state index in [1.165, 1.54) is 0 Å². The van der Waals surface area contributed by atoms with Crippen molar-refractivity contribution in [3.8, 4) is 11.5 Å². The zero-order valence-corrected chi connectivity index (χ0v) is 14.7. The molecule has 0 unspecified atom stereocenters. The molecule has 0 atom stereocenters. The van der Waals surface area contributed by atoms with Gasteiger partial charge in [0.25, 0.3) is 0 Å². The molecule has 0 bridgehead atoms. The monoisotopic (exact) mass is 346 g/mol. The normalized spacial score (nSPS) is 18.0. The lowest BCUT2D eigenvalue weighted by atomic mass is 9.89. The van der Waals surface area contributed by atoms with Gasteiger partial charge in [-0.2, -0.15) is 0 Å². The van der Waals surface area contributed by atoms with Crippen molar-refractivity contribution >= 4 is 11.9 Å². The largest absolute Gasteiger partial charge is 0.507 e. The van der Waals surface area contributed by atoms with Crippen LogP contribution >= 0.6 is 0 Å². The molecule has 134 valence electrons. The van der Waals surface area contributed by atoms with Crippen LogP contribution in [0.3, 0.4) is 0 Å². The molecule has 1 aliphatic heterocycles. The number of hydrogen-bond donors (Lipinski definition) is 1. The Kier molecular flexibility index (Phi) is 4.22. The van der Waals surface area contributed by atoms with E-state index in [0.717, 1.165) is 12.8 Å². The van der Waals surface area contributed by atoms with Crippen molar-refractivity contribution in [3.63, 3.8) is 0 Å². The van der Waals surface area contributed by atoms with Gasteiger partial charge < -0.3 is 19.3 Å². The average molecular weight is 346 g/mol. The lowest BCUT2D eigenvalue weighted by molar-refractivity contribution is -0.128. The molecule has 3 rings (SSSR count). The molecular weight excluding hydrogens is 324 g/mol. The maximum atomic E-state index is 12.7. The summed E-state index contributed by atoms with van der Waals surface area (Å²) in [5.41, 5.74) is 1.08. The Balaban J connectivity index is 2.33. The van der Waals surface area contributed by atoms with Crippen LogP contribution in [-0.4, -0.2) is 29.4 Å². The molecular formula is C19H22O6. The van der Waals surface area contributed by atoms with Gasteiger partial charge in [-0.3, -0.25) is 0 Å². The summed E-state index contributed by atoms with van der Waals surface area (Å²) in [5, 5.41) is 10.8. The highest BCUT2D eigenvalue weighted by molar-refractivity contribution is 6.04. The molecule has 0 saturated heterocycles. The first-order chi connectivity index (χ1) is 11.8. The number of phenols is 1. The molecule has 1 heterocycles. The SMILES string of the molecule is C=CCc1c(O)c(C(=O)OCC)c(C2CC2)c2c1OC(C)(C)OC2=O. The molecule has 2 aliphatic rings. The Bertz CT molecular complexity index is 758. The first-order valence-electron chi connectivity index (χ1n) is 8.42. The Morgan fingerprint density at radius 1 is 1.40 bits per heavy atom. The fraction of sp³-hybridized carbons (Fsp3) is 0.474. The zero-order chi connectivity index (χ0) is 18.4. The molecule has 1 N–H and O–H groups in total. The van der Waals surface area contributed by atoms with Gasteiger partial charge in [0.1, 0.15) is 22.6 Å². The molecule has 1 aromatic carbocycles. The van der Waals surface area contributed by atoms with E-state index in [9.17, 15) is 14.7 Å². The van der Waals surface area contributed by atoms with Crippen molar-refractivity contribution in [1.29, 1.82) is 0 Å². The number of hydrogen-bond acceptors (Lipinski definition) is 6. The van der Waals surface area contributed by atoms with Gasteiger partial charge in [-0.1, -0.05) is 6.08 Å². The molecule has 0 aromatic heterocycles. The molecule has 1 saturated carbocycles. The van der Waals surface area contributed by atoms with E-state index in [1.807, 2.05) is 0 Å². The van der Waals surface area contributed by atoms with Crippen LogP contribution in [0.5, 0.6) is 11.5 Å². The maximum Gasteiger partial charge on any atom is 0.345 e. The lowest BCUT2D eigenvalue weighted by Crippen LogP contribution is -2.40. The van der Waals surface area contributed by atoms with Crippen LogP contribution in [0, 0.1) is 0 Å². The van der Waals surface area contributed by atoms with Crippen LogP contribution in [0.1, 0.15) is 71.4 Å². The van der Waals surface area contributed by atoms with Gasteiger partial charge in [0.05, 0.1) is 6.61 Å². The molecule has 1 fully saturated rings. The number of fused-ring (bicyclic) bond motifs is 1. The molecule has 0 amide bonds. The van der Waals surface area contributed by atoms with E-state index in [1.54, 1.807) is 26.8 Å². The van der Waals surface area contributed by atoms with Gasteiger partial charge in [-0.15, -0.1) is 6.58 Å². The molecule has 1 aliphatic carbocycles. The number of rotatable bonds is 5. The van der Waals surface area contributed by atoms with Crippen LogP contribution in [0.2, 0.25) is 0 Å². The van der Waals surface area contributed by atoms with Crippen molar-refractivity contribution in [3.05, 3.63) is 34.9 Å². The summed E-state index contributed by atoms with van der Waals surface area (Å²) in [6.07, 6.45) is 3.48. The summed E-state index contributed by atoms with van der Waals surface area (Å²) in [6, 6.07) is 0. The molecule has 25 heavy (non-hydrogen) atoms. The van der Waals surface area contributed by atoms with Crippen molar-refractivity contribution < 1.29 is 28.9 Å². The molecule has 6 nitrogen and oxygen atoms in total. The van der Waals surface area contributed by atoms with Crippen molar-refractivity contribution in [2.75, 3.05) is 6.61 Å². The van der Waals surface area contributed by atoms with Crippen molar-refractivity contribution in [1.82, 2.24) is 0 Å². The smallest absolute Gasteiger partial charge is 0.345 e. The van der Waals surface area contributed by atoms with Crippen LogP contribution in [0.25, 0.3) is 0 Å². The highest BCUT2D eigenvalue weighted by atomic mass is 16.7. The van der Waals surface area contributed by atoms with E-state index in [2.05, 4.69) is 6.58 Å². The predicted octanol–water partition coefficient (Wildman–Crippen LogP) is 3.46.